The zero-order valence-electron chi connectivity index (χ0n) is 13.6. The van der Waals surface area contributed by atoms with Gasteiger partial charge in [-0.05, 0) is 25.7 Å². The summed E-state index contributed by atoms with van der Waals surface area (Å²) in [7, 11) is 1.45. The van der Waals surface area contributed by atoms with E-state index in [4.69, 9.17) is 0 Å². The second-order valence-corrected chi connectivity index (χ2v) is 4.92. The van der Waals surface area contributed by atoms with Crippen LogP contribution in [0, 0.1) is 0 Å². The molecule has 0 saturated heterocycles. The number of hydrogen-bond donors (Lipinski definition) is 0. The standard InChI is InChI=1S/C19H30O2/c1-3-4-5-6-7-8-9-10-11-12-13-14-15-16-17-18-19(20)21-2/h4-11H,3,12-18H2,1-2H3. The number of carbonyl (C=O) groups is 1. The topological polar surface area (TPSA) is 26.3 Å². The van der Waals surface area contributed by atoms with Crippen LogP contribution in [-0.2, 0) is 9.53 Å². The van der Waals surface area contributed by atoms with Gasteiger partial charge in [0.25, 0.3) is 0 Å². The van der Waals surface area contributed by atoms with Crippen molar-refractivity contribution in [3.05, 3.63) is 48.6 Å². The SMILES string of the molecule is CCC=CC=CC=CC=CCCCCCCCC(=O)OC. The van der Waals surface area contributed by atoms with E-state index in [9.17, 15) is 4.79 Å². The third-order valence-electron chi connectivity index (χ3n) is 3.04. The number of esters is 1. The molecule has 21 heavy (non-hydrogen) atoms. The molecule has 0 spiro atoms. The van der Waals surface area contributed by atoms with Crippen LogP contribution in [0.15, 0.2) is 48.6 Å². The molecule has 0 heterocycles. The Morgan fingerprint density at radius 1 is 0.810 bits per heavy atom. The Labute approximate surface area is 130 Å². The van der Waals surface area contributed by atoms with Crippen LogP contribution in [0.5, 0.6) is 0 Å². The van der Waals surface area contributed by atoms with Crippen molar-refractivity contribution in [2.24, 2.45) is 0 Å². The van der Waals surface area contributed by atoms with Gasteiger partial charge in [-0.15, -0.1) is 0 Å². The Hall–Kier alpha value is -1.57. The quantitative estimate of drug-likeness (QED) is 0.268. The number of carbonyl (C=O) groups excluding carboxylic acids is 1. The summed E-state index contributed by atoms with van der Waals surface area (Å²) in [6.07, 6.45) is 25.2. The Bertz CT molecular complexity index is 349. The molecule has 0 aromatic rings. The molecule has 0 aliphatic heterocycles. The average Bonchev–Trinajstić information content (AvgIpc) is 2.50. The predicted molar refractivity (Wildman–Crippen MR) is 91.2 cm³/mol. The molecule has 0 aliphatic carbocycles. The lowest BCUT2D eigenvalue weighted by atomic mass is 10.1. The number of allylic oxidation sites excluding steroid dienone is 8. The van der Waals surface area contributed by atoms with Crippen molar-refractivity contribution in [3.8, 4) is 0 Å². The van der Waals surface area contributed by atoms with E-state index >= 15 is 0 Å². The molecule has 0 fully saturated rings. The summed E-state index contributed by atoms with van der Waals surface area (Å²) in [6.45, 7) is 2.13. The molecule has 0 bridgehead atoms. The van der Waals surface area contributed by atoms with Crippen molar-refractivity contribution in [1.29, 1.82) is 0 Å². The summed E-state index contributed by atoms with van der Waals surface area (Å²) in [5.41, 5.74) is 0. The molecular weight excluding hydrogens is 260 g/mol. The van der Waals surface area contributed by atoms with Crippen molar-refractivity contribution < 1.29 is 9.53 Å². The van der Waals surface area contributed by atoms with Crippen LogP contribution in [0.25, 0.3) is 0 Å². The molecule has 0 aliphatic rings. The Morgan fingerprint density at radius 2 is 1.38 bits per heavy atom. The number of rotatable bonds is 12. The highest BCUT2D eigenvalue weighted by molar-refractivity contribution is 5.68. The molecule has 0 unspecified atom stereocenters. The van der Waals surface area contributed by atoms with Crippen LogP contribution in [0.4, 0.5) is 0 Å². The molecule has 2 nitrogen and oxygen atoms in total. The maximum atomic E-state index is 10.9. The van der Waals surface area contributed by atoms with E-state index in [1.807, 2.05) is 18.2 Å². The molecule has 118 valence electrons. The van der Waals surface area contributed by atoms with Crippen LogP contribution in [0.1, 0.15) is 58.3 Å². The van der Waals surface area contributed by atoms with Gasteiger partial charge < -0.3 is 4.74 Å². The lowest BCUT2D eigenvalue weighted by Gasteiger charge is -1.99. The molecular formula is C19H30O2. The van der Waals surface area contributed by atoms with Crippen LogP contribution < -0.4 is 0 Å². The summed E-state index contributed by atoms with van der Waals surface area (Å²) in [5.74, 6) is -0.0936. The summed E-state index contributed by atoms with van der Waals surface area (Å²) in [5, 5.41) is 0. The van der Waals surface area contributed by atoms with E-state index in [0.717, 1.165) is 25.7 Å². The summed E-state index contributed by atoms with van der Waals surface area (Å²) in [4.78, 5) is 10.9. The van der Waals surface area contributed by atoms with Crippen molar-refractivity contribution in [2.75, 3.05) is 7.11 Å². The molecule has 0 radical (unpaired) electrons. The zero-order chi connectivity index (χ0) is 15.6. The van der Waals surface area contributed by atoms with Crippen LogP contribution in [-0.4, -0.2) is 13.1 Å². The van der Waals surface area contributed by atoms with E-state index in [0.29, 0.717) is 6.42 Å². The molecule has 0 atom stereocenters. The highest BCUT2D eigenvalue weighted by Gasteiger charge is 1.98. The monoisotopic (exact) mass is 290 g/mol. The second kappa shape index (κ2) is 16.5. The van der Waals surface area contributed by atoms with E-state index in [2.05, 4.69) is 42.0 Å². The smallest absolute Gasteiger partial charge is 0.305 e. The van der Waals surface area contributed by atoms with E-state index in [1.165, 1.54) is 26.4 Å². The van der Waals surface area contributed by atoms with Crippen LogP contribution >= 0.6 is 0 Å². The van der Waals surface area contributed by atoms with Gasteiger partial charge in [0.15, 0.2) is 0 Å². The lowest BCUT2D eigenvalue weighted by molar-refractivity contribution is -0.140. The Balaban J connectivity index is 3.36. The summed E-state index contributed by atoms with van der Waals surface area (Å²) >= 11 is 0. The zero-order valence-corrected chi connectivity index (χ0v) is 13.6. The van der Waals surface area contributed by atoms with E-state index < -0.39 is 0 Å². The average molecular weight is 290 g/mol. The first-order valence-corrected chi connectivity index (χ1v) is 8.03. The fourth-order valence-electron chi connectivity index (χ4n) is 1.81. The first kappa shape index (κ1) is 19.4. The Morgan fingerprint density at radius 3 is 2.05 bits per heavy atom. The second-order valence-electron chi connectivity index (χ2n) is 4.92. The highest BCUT2D eigenvalue weighted by atomic mass is 16.5. The van der Waals surface area contributed by atoms with Gasteiger partial charge in [-0.2, -0.15) is 0 Å². The number of ether oxygens (including phenoxy) is 1. The van der Waals surface area contributed by atoms with Gasteiger partial charge in [0.2, 0.25) is 0 Å². The lowest BCUT2D eigenvalue weighted by Crippen LogP contribution is -1.98. The normalized spacial score (nSPS) is 12.3. The third kappa shape index (κ3) is 16.4. The van der Waals surface area contributed by atoms with Gasteiger partial charge in [-0.1, -0.05) is 74.8 Å². The van der Waals surface area contributed by atoms with Crippen molar-refractivity contribution in [1.82, 2.24) is 0 Å². The molecule has 2 heteroatoms. The molecule has 0 N–H and O–H groups in total. The van der Waals surface area contributed by atoms with E-state index in [1.54, 1.807) is 0 Å². The molecule has 0 amide bonds. The van der Waals surface area contributed by atoms with Gasteiger partial charge >= 0.3 is 5.97 Å². The van der Waals surface area contributed by atoms with Crippen LogP contribution in [0.2, 0.25) is 0 Å². The minimum atomic E-state index is -0.0936. The fourth-order valence-corrected chi connectivity index (χ4v) is 1.81. The maximum absolute atomic E-state index is 10.9. The largest absolute Gasteiger partial charge is 0.469 e. The first-order valence-electron chi connectivity index (χ1n) is 8.03. The number of unbranched alkanes of at least 4 members (excludes halogenated alkanes) is 5. The van der Waals surface area contributed by atoms with Crippen molar-refractivity contribution in [3.63, 3.8) is 0 Å². The van der Waals surface area contributed by atoms with Crippen LogP contribution in [0.3, 0.4) is 0 Å². The van der Waals surface area contributed by atoms with Crippen molar-refractivity contribution >= 4 is 5.97 Å². The van der Waals surface area contributed by atoms with E-state index in [-0.39, 0.29) is 5.97 Å². The van der Waals surface area contributed by atoms with Gasteiger partial charge in [0.1, 0.15) is 0 Å². The summed E-state index contributed by atoms with van der Waals surface area (Å²) < 4.78 is 4.61. The third-order valence-corrected chi connectivity index (χ3v) is 3.04. The van der Waals surface area contributed by atoms with Gasteiger partial charge in [0.05, 0.1) is 7.11 Å². The molecule has 0 aromatic carbocycles. The Kier molecular flexibility index (Phi) is 15.3. The molecule has 0 aromatic heterocycles. The van der Waals surface area contributed by atoms with Crippen molar-refractivity contribution in [2.45, 2.75) is 58.3 Å². The van der Waals surface area contributed by atoms with Gasteiger partial charge in [0, 0.05) is 6.42 Å². The minimum Gasteiger partial charge on any atom is -0.469 e. The first-order chi connectivity index (χ1) is 10.3. The number of methoxy groups -OCH3 is 1. The highest BCUT2D eigenvalue weighted by Crippen LogP contribution is 2.08. The minimum absolute atomic E-state index is 0.0936. The van der Waals surface area contributed by atoms with Gasteiger partial charge in [-0.3, -0.25) is 4.79 Å². The predicted octanol–water partition coefficient (Wildman–Crippen LogP) is 5.52. The molecule has 0 saturated carbocycles. The summed E-state index contributed by atoms with van der Waals surface area (Å²) in [6, 6.07) is 0. The van der Waals surface area contributed by atoms with Gasteiger partial charge in [-0.25, -0.2) is 0 Å². The fraction of sp³-hybridized carbons (Fsp3) is 0.526. The maximum Gasteiger partial charge on any atom is 0.305 e. The molecule has 0 rings (SSSR count). The number of hydrogen-bond acceptors (Lipinski definition) is 2.